The number of anilines is 3. The molecule has 0 unspecified atom stereocenters. The van der Waals surface area contributed by atoms with Crippen molar-refractivity contribution >= 4 is 49.8 Å². The summed E-state index contributed by atoms with van der Waals surface area (Å²) in [4.78, 5) is 2.40. The molecule has 0 amide bonds. The quantitative estimate of drug-likeness (QED) is 0.173. The molecule has 0 bridgehead atoms. The van der Waals surface area contributed by atoms with Gasteiger partial charge in [0.25, 0.3) is 0 Å². The summed E-state index contributed by atoms with van der Waals surface area (Å²) in [6, 6.07) is 82.1. The van der Waals surface area contributed by atoms with Crippen LogP contribution in [0.25, 0.3) is 77.2 Å². The number of nitrogens with zero attached hydrogens (tertiary/aromatic N) is 1. The first-order valence-electron chi connectivity index (χ1n) is 21.1. The van der Waals surface area contributed by atoms with Gasteiger partial charge in [-0.3, -0.25) is 0 Å². The number of hydrogen-bond acceptors (Lipinski definition) is 2. The third-order valence-electron chi connectivity index (χ3n) is 13.3. The summed E-state index contributed by atoms with van der Waals surface area (Å²) in [6.07, 6.45) is 0. The van der Waals surface area contributed by atoms with Gasteiger partial charge < -0.3 is 9.32 Å². The Morgan fingerprint density at radius 3 is 1.51 bits per heavy atom. The summed E-state index contributed by atoms with van der Waals surface area (Å²) in [5.41, 5.74) is 19.7. The molecular formula is C59H37NO. The van der Waals surface area contributed by atoms with Gasteiger partial charge in [-0.25, -0.2) is 0 Å². The first-order valence-corrected chi connectivity index (χ1v) is 21.1. The van der Waals surface area contributed by atoms with Crippen LogP contribution in [-0.4, -0.2) is 0 Å². The average Bonchev–Trinajstić information content (AvgIpc) is 3.97. The molecule has 13 rings (SSSR count). The number of benzene rings is 10. The van der Waals surface area contributed by atoms with Crippen molar-refractivity contribution in [2.75, 3.05) is 4.90 Å². The molecule has 0 saturated heterocycles. The normalized spacial score (nSPS) is 13.0. The zero-order chi connectivity index (χ0) is 40.1. The molecule has 2 aliphatic rings. The van der Waals surface area contributed by atoms with Gasteiger partial charge in [0.05, 0.1) is 11.1 Å². The Morgan fingerprint density at radius 2 is 0.852 bits per heavy atom. The second-order valence-corrected chi connectivity index (χ2v) is 16.4. The number of para-hydroxylation sites is 1. The molecule has 0 aliphatic heterocycles. The van der Waals surface area contributed by atoms with E-state index < -0.39 is 5.41 Å². The van der Waals surface area contributed by atoms with Gasteiger partial charge in [-0.1, -0.05) is 188 Å². The van der Waals surface area contributed by atoms with Gasteiger partial charge >= 0.3 is 0 Å². The highest BCUT2D eigenvalue weighted by atomic mass is 16.3. The van der Waals surface area contributed by atoms with Crippen LogP contribution in [0.15, 0.2) is 229 Å². The summed E-state index contributed by atoms with van der Waals surface area (Å²) < 4.78 is 6.94. The van der Waals surface area contributed by atoms with E-state index in [4.69, 9.17) is 4.42 Å². The molecule has 2 heteroatoms. The predicted molar refractivity (Wildman–Crippen MR) is 253 cm³/mol. The van der Waals surface area contributed by atoms with Crippen molar-refractivity contribution in [3.63, 3.8) is 0 Å². The lowest BCUT2D eigenvalue weighted by Gasteiger charge is -2.32. The SMILES string of the molecule is c1ccc(-c2ccc(-c3ccc(N(c4ccc5c(c4)C4(c6ccccc6-c6ccccc64)c4ccccc4-5)c4cccc5c4oc4ccc6ccccc6c45)cc3)cc2)cc1. The number of rotatable bonds is 5. The molecule has 2 nitrogen and oxygen atoms in total. The highest BCUT2D eigenvalue weighted by Gasteiger charge is 2.51. The standard InChI is InChI=1S/C59H37NO/c1-2-13-38(14-3-1)39-25-27-40(28-26-39)41-29-32-43(33-30-41)60(55-24-12-20-50-57-45-16-5-4-15-42(45)31-36-56(57)61-58(50)55)44-34-35-49-48-19-8-11-23-53(48)59(54(49)37-44)51-21-9-6-17-46(51)47-18-7-10-22-52(47)59/h1-37H. The molecule has 0 N–H and O–H groups in total. The average molecular weight is 776 g/mol. The molecule has 1 spiro atoms. The van der Waals surface area contributed by atoms with Crippen molar-refractivity contribution in [1.82, 2.24) is 0 Å². The summed E-state index contributed by atoms with van der Waals surface area (Å²) in [6.45, 7) is 0. The van der Waals surface area contributed by atoms with E-state index in [9.17, 15) is 0 Å². The van der Waals surface area contributed by atoms with Gasteiger partial charge in [0, 0.05) is 22.1 Å². The van der Waals surface area contributed by atoms with Crippen LogP contribution in [0.4, 0.5) is 17.1 Å². The molecule has 10 aromatic carbocycles. The Labute approximate surface area is 354 Å². The van der Waals surface area contributed by atoms with Crippen molar-refractivity contribution in [3.8, 4) is 44.5 Å². The van der Waals surface area contributed by atoms with Crippen molar-refractivity contribution in [1.29, 1.82) is 0 Å². The highest BCUT2D eigenvalue weighted by molar-refractivity contribution is 6.21. The fraction of sp³-hybridized carbons (Fsp3) is 0.0169. The largest absolute Gasteiger partial charge is 0.454 e. The fourth-order valence-electron chi connectivity index (χ4n) is 10.7. The summed E-state index contributed by atoms with van der Waals surface area (Å²) in [5, 5.41) is 4.65. The lowest BCUT2D eigenvalue weighted by molar-refractivity contribution is 0.669. The Morgan fingerprint density at radius 1 is 0.344 bits per heavy atom. The van der Waals surface area contributed by atoms with Crippen LogP contribution in [0.1, 0.15) is 22.3 Å². The molecule has 0 atom stereocenters. The zero-order valence-electron chi connectivity index (χ0n) is 33.2. The van der Waals surface area contributed by atoms with Crippen LogP contribution in [-0.2, 0) is 5.41 Å². The molecule has 0 fully saturated rings. The second-order valence-electron chi connectivity index (χ2n) is 16.4. The Bertz CT molecular complexity index is 3460. The van der Waals surface area contributed by atoms with Crippen LogP contribution in [0.5, 0.6) is 0 Å². The first kappa shape index (κ1) is 34.0. The Balaban J connectivity index is 1.03. The molecule has 61 heavy (non-hydrogen) atoms. The van der Waals surface area contributed by atoms with Crippen LogP contribution >= 0.6 is 0 Å². The van der Waals surface area contributed by atoms with Gasteiger partial charge in [0.15, 0.2) is 5.58 Å². The predicted octanol–water partition coefficient (Wildman–Crippen LogP) is 15.9. The molecule has 0 saturated carbocycles. The second kappa shape index (κ2) is 13.0. The van der Waals surface area contributed by atoms with Crippen LogP contribution in [0.3, 0.4) is 0 Å². The topological polar surface area (TPSA) is 16.4 Å². The van der Waals surface area contributed by atoms with Crippen molar-refractivity contribution in [2.45, 2.75) is 5.41 Å². The van der Waals surface area contributed by atoms with Gasteiger partial charge in [0.1, 0.15) is 5.58 Å². The van der Waals surface area contributed by atoms with E-state index in [1.54, 1.807) is 0 Å². The van der Waals surface area contributed by atoms with E-state index in [1.165, 1.54) is 77.5 Å². The fourth-order valence-corrected chi connectivity index (χ4v) is 10.7. The molecule has 2 aliphatic carbocycles. The van der Waals surface area contributed by atoms with E-state index in [-0.39, 0.29) is 0 Å². The number of fused-ring (bicyclic) bond motifs is 15. The third-order valence-corrected chi connectivity index (χ3v) is 13.3. The number of furan rings is 1. The number of hydrogen-bond donors (Lipinski definition) is 0. The zero-order valence-corrected chi connectivity index (χ0v) is 33.2. The van der Waals surface area contributed by atoms with E-state index in [1.807, 2.05) is 0 Å². The Kier molecular flexibility index (Phi) is 7.26. The van der Waals surface area contributed by atoms with Gasteiger partial charge in [0.2, 0.25) is 0 Å². The molecule has 1 heterocycles. The van der Waals surface area contributed by atoms with Gasteiger partial charge in [-0.05, 0) is 114 Å². The highest BCUT2D eigenvalue weighted by Crippen LogP contribution is 2.63. The molecular weight excluding hydrogens is 739 g/mol. The monoisotopic (exact) mass is 775 g/mol. The minimum atomic E-state index is -0.457. The van der Waals surface area contributed by atoms with Gasteiger partial charge in [-0.2, -0.15) is 0 Å². The van der Waals surface area contributed by atoms with Gasteiger partial charge in [-0.15, -0.1) is 0 Å². The lowest BCUT2D eigenvalue weighted by Crippen LogP contribution is -2.26. The summed E-state index contributed by atoms with van der Waals surface area (Å²) in [7, 11) is 0. The van der Waals surface area contributed by atoms with E-state index in [0.29, 0.717) is 0 Å². The van der Waals surface area contributed by atoms with E-state index >= 15 is 0 Å². The van der Waals surface area contributed by atoms with Crippen LogP contribution in [0, 0.1) is 0 Å². The minimum Gasteiger partial charge on any atom is -0.454 e. The van der Waals surface area contributed by atoms with Crippen LogP contribution in [0.2, 0.25) is 0 Å². The van der Waals surface area contributed by atoms with Crippen molar-refractivity contribution < 1.29 is 4.42 Å². The molecule has 284 valence electrons. The maximum atomic E-state index is 6.94. The van der Waals surface area contributed by atoms with E-state index in [0.717, 1.165) is 39.0 Å². The maximum Gasteiger partial charge on any atom is 0.159 e. The smallest absolute Gasteiger partial charge is 0.159 e. The lowest BCUT2D eigenvalue weighted by atomic mass is 9.70. The maximum absolute atomic E-state index is 6.94. The Hall–Kier alpha value is -7.94. The van der Waals surface area contributed by atoms with Crippen LogP contribution < -0.4 is 4.90 Å². The van der Waals surface area contributed by atoms with Crippen molar-refractivity contribution in [3.05, 3.63) is 247 Å². The van der Waals surface area contributed by atoms with Crippen molar-refractivity contribution in [2.24, 2.45) is 0 Å². The molecule has 11 aromatic rings. The van der Waals surface area contributed by atoms with E-state index in [2.05, 4.69) is 229 Å². The molecule has 1 aromatic heterocycles. The summed E-state index contributed by atoms with van der Waals surface area (Å²) >= 11 is 0. The third kappa shape index (κ3) is 4.85. The first-order chi connectivity index (χ1) is 30.3. The summed E-state index contributed by atoms with van der Waals surface area (Å²) in [5.74, 6) is 0. The minimum absolute atomic E-state index is 0.457. The molecule has 0 radical (unpaired) electrons.